The molecule has 0 radical (unpaired) electrons. The van der Waals surface area contributed by atoms with Crippen molar-refractivity contribution in [3.63, 3.8) is 0 Å². The van der Waals surface area contributed by atoms with Crippen molar-refractivity contribution in [3.05, 3.63) is 42.9 Å². The summed E-state index contributed by atoms with van der Waals surface area (Å²) in [6.07, 6.45) is 9.52. The Balaban J connectivity index is 1.43. The van der Waals surface area contributed by atoms with Gasteiger partial charge in [-0.15, -0.1) is 0 Å². The molecule has 1 aromatic heterocycles. The lowest BCUT2D eigenvalue weighted by Gasteiger charge is -2.20. The predicted molar refractivity (Wildman–Crippen MR) is 86.1 cm³/mol. The average Bonchev–Trinajstić information content (AvgIpc) is 3.19. The van der Waals surface area contributed by atoms with Gasteiger partial charge in [-0.05, 0) is 43.2 Å². The standard InChI is InChI=1S/C18H19N3O2/c22-18(16-9-12-4-5-13(16)8-12)21-14-2-1-3-15(10-14)23-17-11-19-6-7-20-17/h1-3,6-7,10-13,16H,4-5,8-9H2,(H,21,22). The summed E-state index contributed by atoms with van der Waals surface area (Å²) in [5, 5.41) is 3.04. The van der Waals surface area contributed by atoms with Crippen molar-refractivity contribution in [1.82, 2.24) is 9.97 Å². The fourth-order valence-electron chi connectivity index (χ4n) is 3.90. The molecule has 3 atom stereocenters. The number of hydrogen-bond acceptors (Lipinski definition) is 4. The average molecular weight is 309 g/mol. The number of fused-ring (bicyclic) bond motifs is 2. The number of anilines is 1. The van der Waals surface area contributed by atoms with Crippen LogP contribution in [0.15, 0.2) is 42.9 Å². The van der Waals surface area contributed by atoms with Crippen LogP contribution in [0.1, 0.15) is 25.7 Å². The molecule has 118 valence electrons. The Morgan fingerprint density at radius 3 is 2.91 bits per heavy atom. The molecule has 2 saturated carbocycles. The zero-order valence-corrected chi connectivity index (χ0v) is 12.8. The summed E-state index contributed by atoms with van der Waals surface area (Å²) < 4.78 is 5.65. The Morgan fingerprint density at radius 2 is 2.17 bits per heavy atom. The largest absolute Gasteiger partial charge is 0.437 e. The number of hydrogen-bond donors (Lipinski definition) is 1. The number of nitrogens with one attached hydrogen (secondary N) is 1. The smallest absolute Gasteiger partial charge is 0.237 e. The van der Waals surface area contributed by atoms with E-state index in [1.807, 2.05) is 24.3 Å². The monoisotopic (exact) mass is 309 g/mol. The molecular formula is C18H19N3O2. The zero-order chi connectivity index (χ0) is 15.6. The number of nitrogens with zero attached hydrogens (tertiary/aromatic N) is 2. The maximum atomic E-state index is 12.5. The van der Waals surface area contributed by atoms with Gasteiger partial charge in [0.1, 0.15) is 5.75 Å². The van der Waals surface area contributed by atoms with Crippen LogP contribution in [-0.4, -0.2) is 15.9 Å². The topological polar surface area (TPSA) is 64.1 Å². The minimum absolute atomic E-state index is 0.147. The molecular weight excluding hydrogens is 290 g/mol. The fraction of sp³-hybridized carbons (Fsp3) is 0.389. The number of aromatic nitrogens is 2. The van der Waals surface area contributed by atoms with Crippen LogP contribution in [0.2, 0.25) is 0 Å². The van der Waals surface area contributed by atoms with Crippen LogP contribution in [0.3, 0.4) is 0 Å². The number of rotatable bonds is 4. The highest BCUT2D eigenvalue weighted by Crippen LogP contribution is 2.48. The van der Waals surface area contributed by atoms with E-state index in [-0.39, 0.29) is 11.8 Å². The van der Waals surface area contributed by atoms with Gasteiger partial charge in [0, 0.05) is 30.1 Å². The Labute approximate surface area is 135 Å². The lowest BCUT2D eigenvalue weighted by Crippen LogP contribution is -2.27. The summed E-state index contributed by atoms with van der Waals surface area (Å²) in [5.74, 6) is 2.74. The summed E-state index contributed by atoms with van der Waals surface area (Å²) in [6, 6.07) is 7.40. The summed E-state index contributed by atoms with van der Waals surface area (Å²) in [7, 11) is 0. The fourth-order valence-corrected chi connectivity index (χ4v) is 3.90. The first-order valence-corrected chi connectivity index (χ1v) is 8.13. The Kier molecular flexibility index (Phi) is 3.69. The lowest BCUT2D eigenvalue weighted by atomic mass is 9.88. The van der Waals surface area contributed by atoms with Gasteiger partial charge in [0.15, 0.2) is 0 Å². The summed E-state index contributed by atoms with van der Waals surface area (Å²) in [6.45, 7) is 0. The van der Waals surface area contributed by atoms with E-state index in [1.54, 1.807) is 18.6 Å². The summed E-state index contributed by atoms with van der Waals surface area (Å²) in [4.78, 5) is 20.5. The van der Waals surface area contributed by atoms with E-state index in [1.165, 1.54) is 19.3 Å². The Hall–Kier alpha value is -2.43. The SMILES string of the molecule is O=C(Nc1cccc(Oc2cnccn2)c1)C1CC2CCC1C2. The van der Waals surface area contributed by atoms with E-state index in [0.29, 0.717) is 17.5 Å². The van der Waals surface area contributed by atoms with Gasteiger partial charge in [-0.3, -0.25) is 9.78 Å². The number of benzene rings is 1. The van der Waals surface area contributed by atoms with Crippen molar-refractivity contribution >= 4 is 11.6 Å². The van der Waals surface area contributed by atoms with E-state index in [9.17, 15) is 4.79 Å². The highest BCUT2D eigenvalue weighted by Gasteiger charge is 2.42. The zero-order valence-electron chi connectivity index (χ0n) is 12.8. The third-order valence-corrected chi connectivity index (χ3v) is 4.94. The van der Waals surface area contributed by atoms with Crippen molar-refractivity contribution in [3.8, 4) is 11.6 Å². The van der Waals surface area contributed by atoms with Crippen LogP contribution in [0, 0.1) is 17.8 Å². The maximum Gasteiger partial charge on any atom is 0.237 e. The van der Waals surface area contributed by atoms with Crippen molar-refractivity contribution in [2.45, 2.75) is 25.7 Å². The minimum atomic E-state index is 0.147. The molecule has 5 heteroatoms. The third kappa shape index (κ3) is 3.04. The van der Waals surface area contributed by atoms with Crippen LogP contribution in [-0.2, 0) is 4.79 Å². The second kappa shape index (κ2) is 5.99. The molecule has 2 aliphatic carbocycles. The molecule has 1 aromatic carbocycles. The van der Waals surface area contributed by atoms with Gasteiger partial charge in [-0.1, -0.05) is 12.5 Å². The molecule has 2 fully saturated rings. The molecule has 0 aliphatic heterocycles. The first-order chi connectivity index (χ1) is 11.3. The van der Waals surface area contributed by atoms with E-state index in [0.717, 1.165) is 18.0 Å². The molecule has 23 heavy (non-hydrogen) atoms. The number of carbonyl (C=O) groups excluding carboxylic acids is 1. The van der Waals surface area contributed by atoms with Gasteiger partial charge >= 0.3 is 0 Å². The van der Waals surface area contributed by atoms with Crippen LogP contribution in [0.4, 0.5) is 5.69 Å². The van der Waals surface area contributed by atoms with Gasteiger partial charge < -0.3 is 10.1 Å². The molecule has 2 aliphatic rings. The second-order valence-corrected chi connectivity index (χ2v) is 6.44. The second-order valence-electron chi connectivity index (χ2n) is 6.44. The molecule has 3 unspecified atom stereocenters. The molecule has 1 heterocycles. The van der Waals surface area contributed by atoms with E-state index < -0.39 is 0 Å². The normalized spacial score (nSPS) is 25.3. The number of ether oxygens (including phenoxy) is 1. The van der Waals surface area contributed by atoms with Gasteiger partial charge in [0.25, 0.3) is 0 Å². The number of amides is 1. The molecule has 1 N–H and O–H groups in total. The van der Waals surface area contributed by atoms with Crippen molar-refractivity contribution in [2.75, 3.05) is 5.32 Å². The molecule has 1 amide bonds. The van der Waals surface area contributed by atoms with E-state index >= 15 is 0 Å². The third-order valence-electron chi connectivity index (χ3n) is 4.94. The van der Waals surface area contributed by atoms with Gasteiger partial charge in [-0.25, -0.2) is 4.98 Å². The Morgan fingerprint density at radius 1 is 1.22 bits per heavy atom. The van der Waals surface area contributed by atoms with Gasteiger partial charge in [0.05, 0.1) is 6.20 Å². The van der Waals surface area contributed by atoms with E-state index in [4.69, 9.17) is 4.74 Å². The van der Waals surface area contributed by atoms with Crippen LogP contribution < -0.4 is 10.1 Å². The van der Waals surface area contributed by atoms with Crippen LogP contribution in [0.5, 0.6) is 11.6 Å². The molecule has 2 bridgehead atoms. The van der Waals surface area contributed by atoms with Crippen LogP contribution >= 0.6 is 0 Å². The molecule has 0 saturated heterocycles. The van der Waals surface area contributed by atoms with Crippen molar-refractivity contribution in [2.24, 2.45) is 17.8 Å². The minimum Gasteiger partial charge on any atom is -0.437 e. The van der Waals surface area contributed by atoms with Gasteiger partial charge in [-0.2, -0.15) is 0 Å². The molecule has 5 nitrogen and oxygen atoms in total. The highest BCUT2D eigenvalue weighted by atomic mass is 16.5. The van der Waals surface area contributed by atoms with E-state index in [2.05, 4.69) is 15.3 Å². The van der Waals surface area contributed by atoms with Crippen molar-refractivity contribution < 1.29 is 9.53 Å². The highest BCUT2D eigenvalue weighted by molar-refractivity contribution is 5.93. The molecule has 4 rings (SSSR count). The predicted octanol–water partition coefficient (Wildman–Crippen LogP) is 3.64. The Bertz CT molecular complexity index is 704. The van der Waals surface area contributed by atoms with Crippen molar-refractivity contribution in [1.29, 1.82) is 0 Å². The first kappa shape index (κ1) is 14.2. The maximum absolute atomic E-state index is 12.5. The number of carbonyl (C=O) groups is 1. The lowest BCUT2D eigenvalue weighted by molar-refractivity contribution is -0.121. The quantitative estimate of drug-likeness (QED) is 0.936. The summed E-state index contributed by atoms with van der Waals surface area (Å²) in [5.41, 5.74) is 0.763. The summed E-state index contributed by atoms with van der Waals surface area (Å²) >= 11 is 0. The first-order valence-electron chi connectivity index (χ1n) is 8.13. The van der Waals surface area contributed by atoms with Gasteiger partial charge in [0.2, 0.25) is 11.8 Å². The van der Waals surface area contributed by atoms with Crippen LogP contribution in [0.25, 0.3) is 0 Å². The molecule has 2 aromatic rings. The molecule has 0 spiro atoms.